The van der Waals surface area contributed by atoms with Crippen molar-refractivity contribution in [2.45, 2.75) is 37.6 Å². The van der Waals surface area contributed by atoms with Gasteiger partial charge < -0.3 is 9.64 Å². The Morgan fingerprint density at radius 2 is 2.11 bits per heavy atom. The first-order chi connectivity index (χ1) is 12.7. The summed E-state index contributed by atoms with van der Waals surface area (Å²) in [4.78, 5) is 19.4. The van der Waals surface area contributed by atoms with Gasteiger partial charge in [-0.15, -0.1) is 0 Å². The molecule has 0 saturated carbocycles. The number of amidine groups is 1. The van der Waals surface area contributed by atoms with E-state index in [0.717, 1.165) is 18.5 Å². The summed E-state index contributed by atoms with van der Waals surface area (Å²) >= 11 is 0. The van der Waals surface area contributed by atoms with E-state index >= 15 is 0 Å². The molecular formula is C19H25N3O4S. The molecule has 0 amide bonds. The van der Waals surface area contributed by atoms with E-state index in [-0.39, 0.29) is 22.1 Å². The van der Waals surface area contributed by atoms with Gasteiger partial charge in [-0.3, -0.25) is 9.79 Å². The van der Waals surface area contributed by atoms with E-state index in [1.807, 2.05) is 4.90 Å². The zero-order chi connectivity index (χ0) is 19.4. The van der Waals surface area contributed by atoms with Gasteiger partial charge in [0, 0.05) is 38.2 Å². The summed E-state index contributed by atoms with van der Waals surface area (Å²) in [6.45, 7) is 6.36. The van der Waals surface area contributed by atoms with Gasteiger partial charge in [0.05, 0.1) is 22.8 Å². The van der Waals surface area contributed by atoms with E-state index in [0.29, 0.717) is 37.6 Å². The molecule has 0 aromatic heterocycles. The van der Waals surface area contributed by atoms with Crippen LogP contribution in [0.5, 0.6) is 0 Å². The van der Waals surface area contributed by atoms with Gasteiger partial charge in [-0.1, -0.05) is 13.8 Å². The summed E-state index contributed by atoms with van der Waals surface area (Å²) in [7, 11) is -2.09. The van der Waals surface area contributed by atoms with Crippen LogP contribution in [0.1, 0.15) is 37.0 Å². The molecule has 0 bridgehead atoms. The van der Waals surface area contributed by atoms with E-state index in [1.54, 1.807) is 19.2 Å². The monoisotopic (exact) mass is 391 g/mol. The van der Waals surface area contributed by atoms with E-state index in [9.17, 15) is 13.2 Å². The molecule has 3 aliphatic heterocycles. The lowest BCUT2D eigenvalue weighted by Gasteiger charge is -2.34. The highest BCUT2D eigenvalue weighted by Gasteiger charge is 2.41. The Kier molecular flexibility index (Phi) is 4.40. The Morgan fingerprint density at radius 3 is 2.85 bits per heavy atom. The van der Waals surface area contributed by atoms with Gasteiger partial charge in [0.25, 0.3) is 0 Å². The normalized spacial score (nSPS) is 24.7. The first-order valence-electron chi connectivity index (χ1n) is 9.26. The molecule has 27 heavy (non-hydrogen) atoms. The highest BCUT2D eigenvalue weighted by atomic mass is 32.2. The first kappa shape index (κ1) is 18.6. The van der Waals surface area contributed by atoms with Crippen LogP contribution in [0.15, 0.2) is 28.1 Å². The van der Waals surface area contributed by atoms with Crippen LogP contribution in [0.25, 0.3) is 0 Å². The van der Waals surface area contributed by atoms with E-state index < -0.39 is 10.0 Å². The second-order valence-corrected chi connectivity index (χ2v) is 10.2. The molecule has 4 rings (SSSR count). The number of hydrogen-bond donors (Lipinski definition) is 0. The van der Waals surface area contributed by atoms with Crippen molar-refractivity contribution in [3.63, 3.8) is 0 Å². The minimum atomic E-state index is -3.67. The van der Waals surface area contributed by atoms with Crippen LogP contribution in [0.2, 0.25) is 0 Å². The third-order valence-electron chi connectivity index (χ3n) is 5.49. The number of carbonyl (C=O) groups excluding carboxylic acids is 1. The minimum absolute atomic E-state index is 0.0287. The minimum Gasteiger partial charge on any atom is -0.383 e. The van der Waals surface area contributed by atoms with E-state index in [2.05, 4.69) is 18.8 Å². The topological polar surface area (TPSA) is 79.3 Å². The Morgan fingerprint density at radius 1 is 1.33 bits per heavy atom. The number of aliphatic imine (C=N–C) groups is 1. The van der Waals surface area contributed by atoms with Gasteiger partial charge >= 0.3 is 0 Å². The van der Waals surface area contributed by atoms with Gasteiger partial charge in [0.2, 0.25) is 15.8 Å². The van der Waals surface area contributed by atoms with Crippen LogP contribution in [0.4, 0.5) is 5.69 Å². The molecule has 3 heterocycles. The number of sulfonamides is 1. The second kappa shape index (κ2) is 6.39. The predicted molar refractivity (Wildman–Crippen MR) is 103 cm³/mol. The summed E-state index contributed by atoms with van der Waals surface area (Å²) in [5.74, 6) is 0.240. The van der Waals surface area contributed by atoms with Crippen LogP contribution in [-0.2, 0) is 14.8 Å². The zero-order valence-electron chi connectivity index (χ0n) is 15.9. The van der Waals surface area contributed by atoms with Gasteiger partial charge in [-0.05, 0) is 31.0 Å². The quantitative estimate of drug-likeness (QED) is 0.784. The van der Waals surface area contributed by atoms with Crippen LogP contribution in [0, 0.1) is 5.41 Å². The lowest BCUT2D eigenvalue weighted by Crippen LogP contribution is -2.44. The summed E-state index contributed by atoms with van der Waals surface area (Å²) in [5, 5.41) is 0. The number of fused-ring (bicyclic) bond motifs is 3. The van der Waals surface area contributed by atoms with Crippen molar-refractivity contribution in [2.75, 3.05) is 38.3 Å². The molecule has 0 aliphatic carbocycles. The summed E-state index contributed by atoms with van der Waals surface area (Å²) in [6.07, 6.45) is 1.60. The number of carbonyl (C=O) groups is 1. The average Bonchev–Trinajstić information content (AvgIpc) is 3.18. The summed E-state index contributed by atoms with van der Waals surface area (Å²) < 4.78 is 33.0. The van der Waals surface area contributed by atoms with Crippen LogP contribution in [0.3, 0.4) is 0 Å². The fourth-order valence-electron chi connectivity index (χ4n) is 4.15. The molecule has 146 valence electrons. The van der Waals surface area contributed by atoms with E-state index in [4.69, 9.17) is 4.74 Å². The SMILES string of the molecule is COC[C@H]1CCCN1S(=O)(=O)c1ccc2c(c1)C(=O)C1=NCC(C)(C)CN12. The number of nitrogens with zero attached hydrogens (tertiary/aromatic N) is 3. The Bertz CT molecular complexity index is 923. The number of benzene rings is 1. The third kappa shape index (κ3) is 2.99. The summed E-state index contributed by atoms with van der Waals surface area (Å²) in [5.41, 5.74) is 1.15. The molecule has 0 N–H and O–H groups in total. The van der Waals surface area contributed by atoms with Crippen LogP contribution >= 0.6 is 0 Å². The largest absolute Gasteiger partial charge is 0.383 e. The van der Waals surface area contributed by atoms with Gasteiger partial charge in [-0.2, -0.15) is 4.31 Å². The van der Waals surface area contributed by atoms with Crippen molar-refractivity contribution in [1.29, 1.82) is 0 Å². The fourth-order valence-corrected chi connectivity index (χ4v) is 5.86. The number of ether oxygens (including phenoxy) is 1. The van der Waals surface area contributed by atoms with Crippen molar-refractivity contribution < 1.29 is 17.9 Å². The van der Waals surface area contributed by atoms with Gasteiger partial charge in [0.1, 0.15) is 0 Å². The molecular weight excluding hydrogens is 366 g/mol. The highest BCUT2D eigenvalue weighted by molar-refractivity contribution is 7.89. The number of Topliss-reactive ketones (excluding diaryl/α,β-unsaturated/α-hetero) is 1. The van der Waals surface area contributed by atoms with Gasteiger partial charge in [0.15, 0.2) is 5.84 Å². The highest BCUT2D eigenvalue weighted by Crippen LogP contribution is 2.37. The molecule has 0 spiro atoms. The number of rotatable bonds is 4. The molecule has 3 aliphatic rings. The fraction of sp³-hybridized carbons (Fsp3) is 0.579. The molecule has 0 radical (unpaired) electrons. The van der Waals surface area contributed by atoms with Crippen molar-refractivity contribution >= 4 is 27.3 Å². The van der Waals surface area contributed by atoms with Crippen molar-refractivity contribution in [3.8, 4) is 0 Å². The molecule has 1 atom stereocenters. The van der Waals surface area contributed by atoms with Crippen LogP contribution < -0.4 is 4.90 Å². The number of anilines is 1. The molecule has 7 nitrogen and oxygen atoms in total. The Balaban J connectivity index is 1.71. The summed E-state index contributed by atoms with van der Waals surface area (Å²) in [6, 6.07) is 4.71. The number of ketones is 1. The average molecular weight is 391 g/mol. The molecule has 0 unspecified atom stereocenters. The second-order valence-electron chi connectivity index (χ2n) is 8.27. The third-order valence-corrected chi connectivity index (χ3v) is 7.44. The number of methoxy groups -OCH3 is 1. The smallest absolute Gasteiger partial charge is 0.243 e. The molecule has 8 heteroatoms. The maximum absolute atomic E-state index is 13.2. The first-order valence-corrected chi connectivity index (χ1v) is 10.7. The molecule has 1 fully saturated rings. The Labute approximate surface area is 160 Å². The van der Waals surface area contributed by atoms with E-state index in [1.165, 1.54) is 10.4 Å². The molecule has 1 saturated heterocycles. The van der Waals surface area contributed by atoms with Crippen molar-refractivity contribution in [2.24, 2.45) is 10.4 Å². The lowest BCUT2D eigenvalue weighted by molar-refractivity contribution is 0.106. The molecule has 1 aromatic rings. The maximum atomic E-state index is 13.2. The van der Waals surface area contributed by atoms with Gasteiger partial charge in [-0.25, -0.2) is 8.42 Å². The zero-order valence-corrected chi connectivity index (χ0v) is 16.8. The predicted octanol–water partition coefficient (Wildman–Crippen LogP) is 1.93. The van der Waals surface area contributed by atoms with Crippen molar-refractivity contribution in [3.05, 3.63) is 23.8 Å². The standard InChI is InChI=1S/C19H25N3O4S/c1-19(2)11-20-18-17(23)15-9-14(6-7-16(15)21(18)12-19)27(24,25)22-8-4-5-13(22)10-26-3/h6-7,9,13H,4-5,8,10-12H2,1-3H3/t13-/m1/s1. The number of hydrogen-bond acceptors (Lipinski definition) is 6. The lowest BCUT2D eigenvalue weighted by atomic mass is 9.91. The molecule has 1 aromatic carbocycles. The Hall–Kier alpha value is -1.77. The maximum Gasteiger partial charge on any atom is 0.243 e. The van der Waals surface area contributed by atoms with Crippen LogP contribution in [-0.4, -0.2) is 63.7 Å². The van der Waals surface area contributed by atoms with Crippen molar-refractivity contribution in [1.82, 2.24) is 4.31 Å².